The highest BCUT2D eigenvalue weighted by Crippen LogP contribution is 2.23. The fourth-order valence-electron chi connectivity index (χ4n) is 3.32. The van der Waals surface area contributed by atoms with Crippen molar-refractivity contribution in [2.75, 3.05) is 15.9 Å². The predicted octanol–water partition coefficient (Wildman–Crippen LogP) is 5.09. The largest absolute Gasteiger partial charge is 0.350 e. The van der Waals surface area contributed by atoms with Crippen molar-refractivity contribution in [1.29, 1.82) is 0 Å². The molecule has 0 aromatic heterocycles. The van der Waals surface area contributed by atoms with Crippen molar-refractivity contribution in [1.82, 2.24) is 5.32 Å². The van der Waals surface area contributed by atoms with Crippen LogP contribution in [0, 0.1) is 0 Å². The third-order valence-electron chi connectivity index (χ3n) is 5.47. The zero-order valence-electron chi connectivity index (χ0n) is 19.8. The number of nitrogens with zero attached hydrogens (tertiary/aromatic N) is 1. The molecule has 0 aliphatic heterocycles. The van der Waals surface area contributed by atoms with Crippen molar-refractivity contribution >= 4 is 44.8 Å². The van der Waals surface area contributed by atoms with E-state index >= 15 is 0 Å². The van der Waals surface area contributed by atoms with Gasteiger partial charge in [-0.1, -0.05) is 42.8 Å². The smallest absolute Gasteiger partial charge is 0.255 e. The Morgan fingerprint density at radius 2 is 1.57 bits per heavy atom. The Kier molecular flexibility index (Phi) is 8.53. The third kappa shape index (κ3) is 7.07. The zero-order valence-corrected chi connectivity index (χ0v) is 21.4. The molecule has 0 aliphatic carbocycles. The molecular weight excluding hydrogens is 486 g/mol. The lowest BCUT2D eigenvalue weighted by Gasteiger charge is -2.23. The first-order valence-corrected chi connectivity index (χ1v) is 13.3. The lowest BCUT2D eigenvalue weighted by molar-refractivity contribution is 0.0940. The lowest BCUT2D eigenvalue weighted by Crippen LogP contribution is -2.32. The highest BCUT2D eigenvalue weighted by Gasteiger charge is 2.19. The second-order valence-electron chi connectivity index (χ2n) is 8.23. The first-order chi connectivity index (χ1) is 16.6. The molecule has 2 N–H and O–H groups in total. The highest BCUT2D eigenvalue weighted by molar-refractivity contribution is 7.92. The van der Waals surface area contributed by atoms with Crippen LogP contribution in [0.1, 0.15) is 46.5 Å². The minimum absolute atomic E-state index is 0.00413. The number of anilines is 2. The molecule has 0 radical (unpaired) electrons. The molecule has 0 bridgehead atoms. The standard InChI is InChI=1S/C26H28ClN3O4S/c1-4-18(2)28-26(32)23-7-5-6-8-24(23)29-25(31)20-11-15-22(16-12-20)30(35(3,33)34)17-19-9-13-21(27)14-10-19/h5-16,18H,4,17H2,1-3H3,(H,28,32)(H,29,31)/t18-/m1/s1. The molecule has 3 aromatic rings. The summed E-state index contributed by atoms with van der Waals surface area (Å²) in [5.74, 6) is -0.680. The molecule has 3 rings (SSSR count). The van der Waals surface area contributed by atoms with Gasteiger partial charge in [0.05, 0.1) is 29.7 Å². The summed E-state index contributed by atoms with van der Waals surface area (Å²) in [6.45, 7) is 4.01. The summed E-state index contributed by atoms with van der Waals surface area (Å²) in [7, 11) is -3.58. The molecule has 0 saturated heterocycles. The molecule has 0 heterocycles. The minimum atomic E-state index is -3.58. The molecule has 0 saturated carbocycles. The van der Waals surface area contributed by atoms with E-state index in [9.17, 15) is 18.0 Å². The Hall–Kier alpha value is -3.36. The van der Waals surface area contributed by atoms with Crippen molar-refractivity contribution in [2.45, 2.75) is 32.9 Å². The average Bonchev–Trinajstić information content (AvgIpc) is 2.83. The van der Waals surface area contributed by atoms with Gasteiger partial charge in [-0.15, -0.1) is 0 Å². The summed E-state index contributed by atoms with van der Waals surface area (Å²) in [6.07, 6.45) is 1.92. The molecule has 2 amide bonds. The Labute approximate surface area is 211 Å². The van der Waals surface area contributed by atoms with Gasteiger partial charge in [0.2, 0.25) is 10.0 Å². The molecule has 0 unspecified atom stereocenters. The summed E-state index contributed by atoms with van der Waals surface area (Å²) < 4.78 is 26.1. The van der Waals surface area contributed by atoms with Crippen LogP contribution < -0.4 is 14.9 Å². The molecule has 35 heavy (non-hydrogen) atoms. The van der Waals surface area contributed by atoms with Crippen LogP contribution in [-0.4, -0.2) is 32.5 Å². The van der Waals surface area contributed by atoms with Crippen molar-refractivity contribution < 1.29 is 18.0 Å². The maximum Gasteiger partial charge on any atom is 0.255 e. The van der Waals surface area contributed by atoms with Gasteiger partial charge in [0.1, 0.15) is 0 Å². The van der Waals surface area contributed by atoms with E-state index in [1.54, 1.807) is 72.8 Å². The zero-order chi connectivity index (χ0) is 25.6. The number of para-hydroxylation sites is 1. The Balaban J connectivity index is 1.79. The molecular formula is C26H28ClN3O4S. The van der Waals surface area contributed by atoms with Crippen LogP contribution in [0.5, 0.6) is 0 Å². The maximum absolute atomic E-state index is 12.9. The topological polar surface area (TPSA) is 95.6 Å². The SMILES string of the molecule is CC[C@@H](C)NC(=O)c1ccccc1NC(=O)c1ccc(N(Cc2ccc(Cl)cc2)S(C)(=O)=O)cc1. The number of hydrogen-bond acceptors (Lipinski definition) is 4. The average molecular weight is 514 g/mol. The number of benzene rings is 3. The summed E-state index contributed by atoms with van der Waals surface area (Å²) >= 11 is 5.92. The normalized spacial score (nSPS) is 12.0. The van der Waals surface area contributed by atoms with Gasteiger partial charge in [0.15, 0.2) is 0 Å². The second kappa shape index (κ2) is 11.4. The van der Waals surface area contributed by atoms with Crippen molar-refractivity contribution in [3.8, 4) is 0 Å². The lowest BCUT2D eigenvalue weighted by atomic mass is 10.1. The number of nitrogens with one attached hydrogen (secondary N) is 2. The maximum atomic E-state index is 12.9. The van der Waals surface area contributed by atoms with Crippen molar-refractivity contribution in [2.24, 2.45) is 0 Å². The van der Waals surface area contributed by atoms with Crippen LogP contribution in [0.25, 0.3) is 0 Å². The number of halogens is 1. The van der Waals surface area contributed by atoms with Crippen LogP contribution in [0.3, 0.4) is 0 Å². The van der Waals surface area contributed by atoms with Crippen molar-refractivity contribution in [3.05, 3.63) is 94.5 Å². The quantitative estimate of drug-likeness (QED) is 0.416. The predicted molar refractivity (Wildman–Crippen MR) is 141 cm³/mol. The molecule has 9 heteroatoms. The van der Waals surface area contributed by atoms with Crippen molar-refractivity contribution in [3.63, 3.8) is 0 Å². The number of sulfonamides is 1. The van der Waals surface area contributed by atoms with Crippen LogP contribution in [-0.2, 0) is 16.6 Å². The highest BCUT2D eigenvalue weighted by atomic mass is 35.5. The van der Waals surface area contributed by atoms with Crippen LogP contribution in [0.2, 0.25) is 5.02 Å². The van der Waals surface area contributed by atoms with E-state index in [2.05, 4.69) is 10.6 Å². The fraction of sp³-hybridized carbons (Fsp3) is 0.231. The van der Waals surface area contributed by atoms with E-state index in [4.69, 9.17) is 11.6 Å². The first kappa shape index (κ1) is 26.2. The van der Waals surface area contributed by atoms with Gasteiger partial charge in [-0.3, -0.25) is 13.9 Å². The van der Waals surface area contributed by atoms with Gasteiger partial charge >= 0.3 is 0 Å². The van der Waals surface area contributed by atoms with E-state index in [1.165, 1.54) is 4.31 Å². The van der Waals surface area contributed by atoms with Crippen LogP contribution in [0.4, 0.5) is 11.4 Å². The second-order valence-corrected chi connectivity index (χ2v) is 10.6. The van der Waals surface area contributed by atoms with Gasteiger partial charge in [-0.25, -0.2) is 8.42 Å². The van der Waals surface area contributed by atoms with Gasteiger partial charge < -0.3 is 10.6 Å². The molecule has 0 fully saturated rings. The molecule has 0 aliphatic rings. The molecule has 1 atom stereocenters. The fourth-order valence-corrected chi connectivity index (χ4v) is 4.34. The van der Waals surface area contributed by atoms with E-state index in [1.807, 2.05) is 13.8 Å². The number of rotatable bonds is 9. The van der Waals surface area contributed by atoms with Gasteiger partial charge in [-0.05, 0) is 67.4 Å². The summed E-state index contributed by atoms with van der Waals surface area (Å²) in [5.41, 5.74) is 2.28. The van der Waals surface area contributed by atoms with Gasteiger partial charge in [0.25, 0.3) is 11.8 Å². The summed E-state index contributed by atoms with van der Waals surface area (Å²) in [5, 5.41) is 6.24. The van der Waals surface area contributed by atoms with Crippen LogP contribution >= 0.6 is 11.6 Å². The molecule has 3 aromatic carbocycles. The van der Waals surface area contributed by atoms with E-state index in [0.717, 1.165) is 18.2 Å². The molecule has 7 nitrogen and oxygen atoms in total. The number of carbonyl (C=O) groups is 2. The first-order valence-electron chi connectivity index (χ1n) is 11.1. The van der Waals surface area contributed by atoms with E-state index in [0.29, 0.717) is 27.5 Å². The number of carbonyl (C=O) groups excluding carboxylic acids is 2. The summed E-state index contributed by atoms with van der Waals surface area (Å²) in [4.78, 5) is 25.5. The molecule has 184 valence electrons. The van der Waals surface area contributed by atoms with E-state index in [-0.39, 0.29) is 18.5 Å². The third-order valence-corrected chi connectivity index (χ3v) is 6.86. The Morgan fingerprint density at radius 1 is 0.943 bits per heavy atom. The minimum Gasteiger partial charge on any atom is -0.350 e. The van der Waals surface area contributed by atoms with E-state index < -0.39 is 15.9 Å². The Morgan fingerprint density at radius 3 is 2.17 bits per heavy atom. The number of amides is 2. The van der Waals surface area contributed by atoms with Crippen LogP contribution in [0.15, 0.2) is 72.8 Å². The monoisotopic (exact) mass is 513 g/mol. The Bertz CT molecular complexity index is 1290. The molecule has 0 spiro atoms. The summed E-state index contributed by atoms with van der Waals surface area (Å²) in [6, 6.07) is 20.0. The number of hydrogen-bond donors (Lipinski definition) is 2. The van der Waals surface area contributed by atoms with Gasteiger partial charge in [-0.2, -0.15) is 0 Å². The van der Waals surface area contributed by atoms with Gasteiger partial charge in [0, 0.05) is 16.6 Å².